The van der Waals surface area contributed by atoms with E-state index in [2.05, 4.69) is 88.0 Å². The number of H-pyrrole nitrogens is 1. The molecule has 1 spiro atoms. The number of rotatable bonds is 2. The number of nitrogens with zero attached hydrogens (tertiary/aromatic N) is 1. The van der Waals surface area contributed by atoms with Crippen LogP contribution in [0.15, 0.2) is 54.6 Å². The van der Waals surface area contributed by atoms with E-state index in [1.807, 2.05) is 0 Å². The van der Waals surface area contributed by atoms with Gasteiger partial charge in [0.05, 0.1) is 0 Å². The second-order valence-corrected chi connectivity index (χ2v) is 11.3. The van der Waals surface area contributed by atoms with Crippen molar-refractivity contribution in [3.8, 4) is 0 Å². The largest absolute Gasteiger partial charge is 0.356 e. The van der Waals surface area contributed by atoms with Crippen molar-refractivity contribution in [2.24, 2.45) is 5.92 Å². The predicted octanol–water partition coefficient (Wildman–Crippen LogP) is 6.16. The maximum absolute atomic E-state index is 3.92. The third-order valence-corrected chi connectivity index (χ3v) is 10.5. The van der Waals surface area contributed by atoms with Crippen molar-refractivity contribution in [3.63, 3.8) is 0 Å². The second kappa shape index (κ2) is 6.86. The lowest BCUT2D eigenvalue weighted by Crippen LogP contribution is -2.47. The summed E-state index contributed by atoms with van der Waals surface area (Å²) in [5.41, 5.74) is 5.90. The molecule has 144 valence electrons. The number of fused-ring (bicyclic) bond motifs is 8. The minimum absolute atomic E-state index is 0.252. The number of hydrogen-bond acceptors (Lipinski definition) is 3. The van der Waals surface area contributed by atoms with Crippen LogP contribution in [0.3, 0.4) is 0 Å². The summed E-state index contributed by atoms with van der Waals surface area (Å²) in [5.74, 6) is 3.38. The minimum Gasteiger partial charge on any atom is -0.356 e. The molecule has 2 fully saturated rings. The normalized spacial score (nSPS) is 26.4. The van der Waals surface area contributed by atoms with E-state index in [-0.39, 0.29) is 4.08 Å². The fraction of sp³-hybridized carbons (Fsp3) is 0.417. The van der Waals surface area contributed by atoms with Gasteiger partial charge in [-0.2, -0.15) is 0 Å². The van der Waals surface area contributed by atoms with Crippen LogP contribution >= 0.6 is 23.5 Å². The summed E-state index contributed by atoms with van der Waals surface area (Å²) < 4.78 is 0.252. The first-order chi connectivity index (χ1) is 13.9. The Balaban J connectivity index is 1.49. The van der Waals surface area contributed by atoms with E-state index in [0.717, 1.165) is 12.5 Å². The number of thioether (sulfide) groups is 2. The van der Waals surface area contributed by atoms with E-state index in [1.165, 1.54) is 53.8 Å². The molecule has 2 atom stereocenters. The SMILES string of the molecule is c1ccc(CN2CC[C@@H]3C[C@H]2c2c([nH]c4ccccc24)C32SCCCS2)cc1. The number of nitrogens with one attached hydrogen (secondary N) is 1. The zero-order valence-corrected chi connectivity index (χ0v) is 17.7. The van der Waals surface area contributed by atoms with Crippen LogP contribution < -0.4 is 0 Å². The van der Waals surface area contributed by atoms with E-state index < -0.39 is 0 Å². The Bertz CT molecular complexity index is 990. The Morgan fingerprint density at radius 2 is 1.79 bits per heavy atom. The van der Waals surface area contributed by atoms with Gasteiger partial charge in [-0.25, -0.2) is 0 Å². The van der Waals surface area contributed by atoms with Crippen LogP contribution in [0.1, 0.15) is 42.1 Å². The highest BCUT2D eigenvalue weighted by Crippen LogP contribution is 2.64. The summed E-state index contributed by atoms with van der Waals surface area (Å²) in [5, 5.41) is 1.45. The summed E-state index contributed by atoms with van der Waals surface area (Å²) in [4.78, 5) is 6.67. The van der Waals surface area contributed by atoms with Crippen LogP contribution in [0.5, 0.6) is 0 Å². The standard InChI is InChI=1S/C24H26N2S2/c1-2-7-17(8-3-1)16-26-12-11-18-15-21(26)22-19-9-4-5-10-20(19)25-23(22)24(18)27-13-6-14-28-24/h1-5,7-10,18,21,25H,6,11-16H2/t18-,21+/m1/s1. The van der Waals surface area contributed by atoms with Crippen molar-refractivity contribution in [2.75, 3.05) is 18.1 Å². The van der Waals surface area contributed by atoms with Gasteiger partial charge in [-0.1, -0.05) is 48.5 Å². The number of aromatic amines is 1. The summed E-state index contributed by atoms with van der Waals surface area (Å²) in [6, 6.07) is 20.5. The van der Waals surface area contributed by atoms with E-state index in [9.17, 15) is 0 Å². The van der Waals surface area contributed by atoms with Gasteiger partial charge in [0.25, 0.3) is 0 Å². The van der Waals surface area contributed by atoms with Gasteiger partial charge in [-0.3, -0.25) is 4.90 Å². The van der Waals surface area contributed by atoms with Gasteiger partial charge >= 0.3 is 0 Å². The molecule has 2 bridgehead atoms. The molecule has 2 saturated heterocycles. The fourth-order valence-electron chi connectivity index (χ4n) is 5.58. The van der Waals surface area contributed by atoms with Crippen LogP contribution in [0.25, 0.3) is 10.9 Å². The summed E-state index contributed by atoms with van der Waals surface area (Å²) in [7, 11) is 0. The average Bonchev–Trinajstić information content (AvgIpc) is 3.15. The highest BCUT2D eigenvalue weighted by molar-refractivity contribution is 8.18. The molecule has 4 heteroatoms. The maximum atomic E-state index is 3.92. The lowest BCUT2D eigenvalue weighted by molar-refractivity contribution is 0.0871. The van der Waals surface area contributed by atoms with Crippen molar-refractivity contribution in [2.45, 2.75) is 35.9 Å². The van der Waals surface area contributed by atoms with Crippen molar-refractivity contribution < 1.29 is 0 Å². The number of benzene rings is 2. The van der Waals surface area contributed by atoms with Gasteiger partial charge in [-0.15, -0.1) is 23.5 Å². The van der Waals surface area contributed by atoms with Gasteiger partial charge < -0.3 is 4.98 Å². The van der Waals surface area contributed by atoms with Gasteiger partial charge in [0.15, 0.2) is 0 Å². The van der Waals surface area contributed by atoms with Crippen LogP contribution in [-0.2, 0) is 10.6 Å². The molecule has 2 aromatic carbocycles. The highest BCUT2D eigenvalue weighted by atomic mass is 32.2. The third-order valence-electron chi connectivity index (χ3n) is 6.83. The van der Waals surface area contributed by atoms with Crippen molar-refractivity contribution in [1.82, 2.24) is 9.88 Å². The molecule has 0 radical (unpaired) electrons. The lowest BCUT2D eigenvalue weighted by atomic mass is 9.76. The van der Waals surface area contributed by atoms with E-state index in [4.69, 9.17) is 0 Å². The molecule has 1 aliphatic carbocycles. The highest BCUT2D eigenvalue weighted by Gasteiger charge is 2.53. The Morgan fingerprint density at radius 1 is 1.00 bits per heavy atom. The molecule has 3 aliphatic rings. The zero-order chi connectivity index (χ0) is 18.6. The second-order valence-electron chi connectivity index (χ2n) is 8.37. The molecule has 1 N–H and O–H groups in total. The number of likely N-dealkylation sites (tertiary alicyclic amines) is 1. The number of hydrogen-bond donors (Lipinski definition) is 1. The maximum Gasteiger partial charge on any atom is 0.104 e. The Kier molecular flexibility index (Phi) is 4.29. The van der Waals surface area contributed by atoms with Gasteiger partial charge in [-0.05, 0) is 54.9 Å². The van der Waals surface area contributed by atoms with Crippen LogP contribution in [-0.4, -0.2) is 27.9 Å². The van der Waals surface area contributed by atoms with Crippen LogP contribution in [0, 0.1) is 5.92 Å². The summed E-state index contributed by atoms with van der Waals surface area (Å²) in [6.07, 6.45) is 3.97. The molecule has 0 saturated carbocycles. The monoisotopic (exact) mass is 406 g/mol. The van der Waals surface area contributed by atoms with Gasteiger partial charge in [0.2, 0.25) is 0 Å². The first-order valence-corrected chi connectivity index (χ1v) is 12.5. The molecule has 3 heterocycles. The zero-order valence-electron chi connectivity index (χ0n) is 16.1. The third kappa shape index (κ3) is 2.61. The number of aromatic nitrogens is 1. The molecule has 28 heavy (non-hydrogen) atoms. The summed E-state index contributed by atoms with van der Waals surface area (Å²) >= 11 is 4.46. The molecular weight excluding hydrogens is 380 g/mol. The van der Waals surface area contributed by atoms with E-state index >= 15 is 0 Å². The molecule has 2 aliphatic heterocycles. The topological polar surface area (TPSA) is 19.0 Å². The fourth-order valence-corrected chi connectivity index (χ4v) is 9.29. The molecule has 6 rings (SSSR count). The predicted molar refractivity (Wildman–Crippen MR) is 122 cm³/mol. The van der Waals surface area contributed by atoms with Gasteiger partial charge in [0.1, 0.15) is 4.08 Å². The first-order valence-electron chi connectivity index (χ1n) is 10.5. The number of para-hydroxylation sites is 1. The van der Waals surface area contributed by atoms with Crippen molar-refractivity contribution in [3.05, 3.63) is 71.4 Å². The van der Waals surface area contributed by atoms with E-state index in [0.29, 0.717) is 6.04 Å². The van der Waals surface area contributed by atoms with E-state index in [1.54, 1.807) is 11.3 Å². The van der Waals surface area contributed by atoms with Gasteiger partial charge in [0, 0.05) is 34.7 Å². The molecule has 1 aromatic heterocycles. The number of piperidine rings is 1. The Labute approximate surface area is 175 Å². The summed E-state index contributed by atoms with van der Waals surface area (Å²) in [6.45, 7) is 2.27. The first kappa shape index (κ1) is 17.5. The molecule has 0 unspecified atom stereocenters. The Hall–Kier alpha value is -1.36. The molecule has 2 nitrogen and oxygen atoms in total. The minimum atomic E-state index is 0.252. The van der Waals surface area contributed by atoms with Crippen molar-refractivity contribution >= 4 is 34.4 Å². The van der Waals surface area contributed by atoms with Crippen molar-refractivity contribution in [1.29, 1.82) is 0 Å². The van der Waals surface area contributed by atoms with Crippen LogP contribution in [0.2, 0.25) is 0 Å². The quantitative estimate of drug-likeness (QED) is 0.550. The molecular formula is C24H26N2S2. The smallest absolute Gasteiger partial charge is 0.104 e. The lowest BCUT2D eigenvalue weighted by Gasteiger charge is -2.53. The molecule has 0 amide bonds. The van der Waals surface area contributed by atoms with Crippen LogP contribution in [0.4, 0.5) is 0 Å². The molecule has 3 aromatic rings. The Morgan fingerprint density at radius 3 is 2.64 bits per heavy atom. The average molecular weight is 407 g/mol.